The van der Waals surface area contributed by atoms with Crippen molar-refractivity contribution in [3.8, 4) is 0 Å². The maximum Gasteiger partial charge on any atom is 0.230 e. The van der Waals surface area contributed by atoms with E-state index in [-0.39, 0.29) is 29.6 Å². The zero-order chi connectivity index (χ0) is 10.2. The van der Waals surface area contributed by atoms with Gasteiger partial charge in [0, 0.05) is 6.04 Å². The molecular formula is C10H17NO2. The first-order valence-corrected chi connectivity index (χ1v) is 4.63. The molecule has 0 saturated carbocycles. The number of ketones is 1. The molecule has 3 nitrogen and oxygen atoms in total. The van der Waals surface area contributed by atoms with E-state index in [2.05, 4.69) is 20.8 Å². The minimum absolute atomic E-state index is 0.0209. The van der Waals surface area contributed by atoms with Gasteiger partial charge >= 0.3 is 0 Å². The number of hydrogen-bond acceptors (Lipinski definition) is 2. The van der Waals surface area contributed by atoms with Crippen molar-refractivity contribution in [3.05, 3.63) is 0 Å². The molecule has 1 atom stereocenters. The van der Waals surface area contributed by atoms with Crippen LogP contribution in [0.25, 0.3) is 0 Å². The van der Waals surface area contributed by atoms with Crippen LogP contribution in [-0.2, 0) is 9.59 Å². The molecule has 0 aromatic heterocycles. The Labute approximate surface area is 79.1 Å². The first-order chi connectivity index (χ1) is 5.82. The van der Waals surface area contributed by atoms with Crippen molar-refractivity contribution < 1.29 is 9.59 Å². The largest absolute Gasteiger partial charge is 0.332 e. The summed E-state index contributed by atoms with van der Waals surface area (Å²) in [6, 6.07) is 0.131. The molecule has 13 heavy (non-hydrogen) atoms. The van der Waals surface area contributed by atoms with Crippen molar-refractivity contribution in [1.29, 1.82) is 0 Å². The summed E-state index contributed by atoms with van der Waals surface area (Å²) in [5.41, 5.74) is 0.0419. The lowest BCUT2D eigenvalue weighted by molar-refractivity contribution is -0.131. The minimum atomic E-state index is -0.0209. The lowest BCUT2D eigenvalue weighted by Gasteiger charge is -2.34. The van der Waals surface area contributed by atoms with Crippen LogP contribution in [0.15, 0.2) is 0 Å². The summed E-state index contributed by atoms with van der Waals surface area (Å²) in [7, 11) is 0. The monoisotopic (exact) mass is 183 g/mol. The number of amides is 1. The first-order valence-electron chi connectivity index (χ1n) is 4.63. The smallest absolute Gasteiger partial charge is 0.230 e. The lowest BCUT2D eigenvalue weighted by atomic mass is 9.87. The molecule has 0 spiro atoms. The number of nitrogens with zero attached hydrogens (tertiary/aromatic N) is 1. The topological polar surface area (TPSA) is 37.4 Å². The van der Waals surface area contributed by atoms with Crippen LogP contribution in [0.5, 0.6) is 0 Å². The van der Waals surface area contributed by atoms with Gasteiger partial charge in [0.2, 0.25) is 5.91 Å². The molecule has 0 N–H and O–H groups in total. The number of hydrogen-bond donors (Lipinski definition) is 0. The van der Waals surface area contributed by atoms with E-state index in [9.17, 15) is 9.59 Å². The van der Waals surface area contributed by atoms with E-state index in [4.69, 9.17) is 0 Å². The number of likely N-dealkylation sites (tertiary alicyclic amines) is 1. The van der Waals surface area contributed by atoms with Crippen LogP contribution in [0.4, 0.5) is 0 Å². The molecule has 1 amide bonds. The van der Waals surface area contributed by atoms with Gasteiger partial charge in [-0.2, -0.15) is 0 Å². The summed E-state index contributed by atoms with van der Waals surface area (Å²) in [6.07, 6.45) is 0.0976. The Morgan fingerprint density at radius 1 is 1.31 bits per heavy atom. The van der Waals surface area contributed by atoms with E-state index >= 15 is 0 Å². The molecule has 1 rings (SSSR count). The Bertz CT molecular complexity index is 240. The highest BCUT2D eigenvalue weighted by Crippen LogP contribution is 2.26. The van der Waals surface area contributed by atoms with E-state index < -0.39 is 0 Å². The molecule has 1 aliphatic heterocycles. The van der Waals surface area contributed by atoms with Gasteiger partial charge in [0.15, 0.2) is 5.78 Å². The number of carbonyl (C=O) groups excluding carboxylic acids is 2. The van der Waals surface area contributed by atoms with Crippen LogP contribution in [0.1, 0.15) is 34.1 Å². The summed E-state index contributed by atoms with van der Waals surface area (Å²) < 4.78 is 0. The van der Waals surface area contributed by atoms with Gasteiger partial charge in [0.25, 0.3) is 0 Å². The highest BCUT2D eigenvalue weighted by Gasteiger charge is 2.35. The highest BCUT2D eigenvalue weighted by molar-refractivity contribution is 6.05. The normalized spacial score (nSPS) is 21.1. The number of carbonyl (C=O) groups is 2. The summed E-state index contributed by atoms with van der Waals surface area (Å²) >= 11 is 0. The minimum Gasteiger partial charge on any atom is -0.332 e. The zero-order valence-corrected chi connectivity index (χ0v) is 8.76. The predicted octanol–water partition coefficient (Wildman–Crippen LogP) is 1.22. The van der Waals surface area contributed by atoms with Gasteiger partial charge in [-0.15, -0.1) is 0 Å². The molecule has 1 unspecified atom stereocenters. The van der Waals surface area contributed by atoms with Crippen molar-refractivity contribution in [1.82, 2.24) is 4.90 Å². The maximum atomic E-state index is 11.4. The van der Waals surface area contributed by atoms with Crippen LogP contribution in [-0.4, -0.2) is 29.2 Å². The molecule has 1 aliphatic rings. The number of rotatable bonds is 1. The molecule has 0 radical (unpaired) electrons. The van der Waals surface area contributed by atoms with E-state index in [1.807, 2.05) is 6.92 Å². The second-order valence-corrected chi connectivity index (χ2v) is 4.78. The Kier molecular flexibility index (Phi) is 2.46. The van der Waals surface area contributed by atoms with Gasteiger partial charge < -0.3 is 4.90 Å². The molecule has 1 heterocycles. The molecule has 74 valence electrons. The summed E-state index contributed by atoms with van der Waals surface area (Å²) in [4.78, 5) is 24.1. The molecule has 3 heteroatoms. The van der Waals surface area contributed by atoms with Crippen LogP contribution in [0.2, 0.25) is 0 Å². The van der Waals surface area contributed by atoms with Crippen molar-refractivity contribution in [3.63, 3.8) is 0 Å². The standard InChI is InChI=1S/C10H17NO2/c1-7(10(2,3)4)11-6-8(12)5-9(11)13/h7H,5-6H2,1-4H3. The average Bonchev–Trinajstić information content (AvgIpc) is 2.26. The van der Waals surface area contributed by atoms with Gasteiger partial charge in [0.1, 0.15) is 0 Å². The Morgan fingerprint density at radius 2 is 1.85 bits per heavy atom. The second kappa shape index (κ2) is 3.13. The molecule has 0 aromatic carbocycles. The first kappa shape index (κ1) is 10.2. The predicted molar refractivity (Wildman–Crippen MR) is 50.3 cm³/mol. The SMILES string of the molecule is CC(N1CC(=O)CC1=O)C(C)(C)C. The van der Waals surface area contributed by atoms with Gasteiger partial charge in [-0.1, -0.05) is 20.8 Å². The van der Waals surface area contributed by atoms with Gasteiger partial charge in [-0.05, 0) is 12.3 Å². The Balaban J connectivity index is 2.73. The summed E-state index contributed by atoms with van der Waals surface area (Å²) in [6.45, 7) is 8.53. The second-order valence-electron chi connectivity index (χ2n) is 4.78. The highest BCUT2D eigenvalue weighted by atomic mass is 16.2. The molecule has 0 bridgehead atoms. The van der Waals surface area contributed by atoms with Crippen LogP contribution in [0.3, 0.4) is 0 Å². The average molecular weight is 183 g/mol. The van der Waals surface area contributed by atoms with E-state index in [1.165, 1.54) is 0 Å². The van der Waals surface area contributed by atoms with Crippen LogP contribution >= 0.6 is 0 Å². The molecule has 0 aliphatic carbocycles. The fraction of sp³-hybridized carbons (Fsp3) is 0.800. The maximum absolute atomic E-state index is 11.4. The van der Waals surface area contributed by atoms with E-state index in [0.717, 1.165) is 0 Å². The van der Waals surface area contributed by atoms with Crippen LogP contribution < -0.4 is 0 Å². The third-order valence-electron chi connectivity index (χ3n) is 2.74. The van der Waals surface area contributed by atoms with Crippen molar-refractivity contribution >= 4 is 11.7 Å². The third-order valence-corrected chi connectivity index (χ3v) is 2.74. The zero-order valence-electron chi connectivity index (χ0n) is 8.76. The fourth-order valence-electron chi connectivity index (χ4n) is 1.42. The summed E-state index contributed by atoms with van der Waals surface area (Å²) in [5.74, 6) is 0.0218. The third kappa shape index (κ3) is 2.08. The summed E-state index contributed by atoms with van der Waals surface area (Å²) in [5, 5.41) is 0. The Hall–Kier alpha value is -0.860. The molecule has 1 fully saturated rings. The van der Waals surface area contributed by atoms with Crippen molar-refractivity contribution in [2.45, 2.75) is 40.2 Å². The molecular weight excluding hydrogens is 166 g/mol. The Morgan fingerprint density at radius 3 is 2.15 bits per heavy atom. The van der Waals surface area contributed by atoms with E-state index in [0.29, 0.717) is 6.54 Å². The van der Waals surface area contributed by atoms with Gasteiger partial charge in [-0.3, -0.25) is 9.59 Å². The lowest BCUT2D eigenvalue weighted by Crippen LogP contribution is -2.42. The quantitative estimate of drug-likeness (QED) is 0.573. The van der Waals surface area contributed by atoms with E-state index in [1.54, 1.807) is 4.90 Å². The van der Waals surface area contributed by atoms with Gasteiger partial charge in [-0.25, -0.2) is 0 Å². The molecule has 1 saturated heterocycles. The van der Waals surface area contributed by atoms with Crippen LogP contribution in [0, 0.1) is 5.41 Å². The van der Waals surface area contributed by atoms with Crippen molar-refractivity contribution in [2.24, 2.45) is 5.41 Å². The number of Topliss-reactive ketones (excluding diaryl/α,β-unsaturated/α-hetero) is 1. The van der Waals surface area contributed by atoms with Gasteiger partial charge in [0.05, 0.1) is 13.0 Å². The molecule has 0 aromatic rings. The van der Waals surface area contributed by atoms with Crippen molar-refractivity contribution in [2.75, 3.05) is 6.54 Å². The fourth-order valence-corrected chi connectivity index (χ4v) is 1.42.